The van der Waals surface area contributed by atoms with Crippen molar-refractivity contribution in [2.45, 2.75) is 32.4 Å². The van der Waals surface area contributed by atoms with Crippen LogP contribution < -0.4 is 0 Å². The van der Waals surface area contributed by atoms with Gasteiger partial charge in [-0.25, -0.2) is 4.98 Å². The summed E-state index contributed by atoms with van der Waals surface area (Å²) in [6.45, 7) is 3.33. The molecule has 0 N–H and O–H groups in total. The summed E-state index contributed by atoms with van der Waals surface area (Å²) in [7, 11) is 1.43. The number of methoxy groups -OCH3 is 1. The van der Waals surface area contributed by atoms with Crippen molar-refractivity contribution < 1.29 is 13.9 Å². The van der Waals surface area contributed by atoms with E-state index in [0.29, 0.717) is 17.5 Å². The van der Waals surface area contributed by atoms with Crippen molar-refractivity contribution in [3.8, 4) is 11.5 Å². The summed E-state index contributed by atoms with van der Waals surface area (Å²) in [5.41, 5.74) is 1.69. The number of benzene rings is 1. The lowest BCUT2D eigenvalue weighted by molar-refractivity contribution is -0.146. The minimum atomic E-state index is -0.189. The molecule has 2 heterocycles. The van der Waals surface area contributed by atoms with Crippen LogP contribution in [0.2, 0.25) is 5.02 Å². The summed E-state index contributed by atoms with van der Waals surface area (Å²) in [4.78, 5) is 18.5. The van der Waals surface area contributed by atoms with Crippen molar-refractivity contribution in [3.63, 3.8) is 0 Å². The van der Waals surface area contributed by atoms with Gasteiger partial charge in [0.2, 0.25) is 5.89 Å². The zero-order valence-electron chi connectivity index (χ0n) is 13.2. The Morgan fingerprint density at radius 2 is 2.35 bits per heavy atom. The number of nitrogens with zero attached hydrogens (tertiary/aromatic N) is 2. The van der Waals surface area contributed by atoms with Crippen molar-refractivity contribution in [1.29, 1.82) is 0 Å². The number of halogens is 1. The Balaban J connectivity index is 1.80. The first-order valence-electron chi connectivity index (χ1n) is 7.62. The number of oxazole rings is 1. The van der Waals surface area contributed by atoms with Crippen LogP contribution in [-0.4, -0.2) is 35.5 Å². The Labute approximate surface area is 140 Å². The van der Waals surface area contributed by atoms with Crippen LogP contribution >= 0.6 is 11.6 Å². The molecule has 1 aliphatic heterocycles. The van der Waals surface area contributed by atoms with Crippen molar-refractivity contribution in [2.75, 3.05) is 13.7 Å². The van der Waals surface area contributed by atoms with Crippen LogP contribution in [-0.2, 0) is 16.1 Å². The zero-order chi connectivity index (χ0) is 16.4. The molecule has 1 fully saturated rings. The highest BCUT2D eigenvalue weighted by Crippen LogP contribution is 2.27. The van der Waals surface area contributed by atoms with Gasteiger partial charge in [0.15, 0.2) is 0 Å². The summed E-state index contributed by atoms with van der Waals surface area (Å²) < 4.78 is 10.7. The van der Waals surface area contributed by atoms with Crippen molar-refractivity contribution >= 4 is 17.6 Å². The number of ether oxygens (including phenoxy) is 1. The fraction of sp³-hybridized carbons (Fsp3) is 0.412. The van der Waals surface area contributed by atoms with Gasteiger partial charge in [-0.05, 0) is 44.5 Å². The van der Waals surface area contributed by atoms with E-state index in [-0.39, 0.29) is 12.0 Å². The molecule has 5 nitrogen and oxygen atoms in total. The molecule has 0 aliphatic carbocycles. The second-order valence-corrected chi connectivity index (χ2v) is 6.12. The van der Waals surface area contributed by atoms with Gasteiger partial charge in [-0.15, -0.1) is 0 Å². The maximum Gasteiger partial charge on any atom is 0.323 e. The Bertz CT molecular complexity index is 714. The highest BCUT2D eigenvalue weighted by Gasteiger charge is 2.32. The van der Waals surface area contributed by atoms with E-state index in [9.17, 15) is 4.79 Å². The standard InChI is InChI=1S/C17H19ClN2O3/c1-11-14(10-20-8-4-7-15(20)17(21)22-2)19-16(23-11)12-5-3-6-13(18)9-12/h3,5-6,9,15H,4,7-8,10H2,1-2H3/t15-/m0/s1. The summed E-state index contributed by atoms with van der Waals surface area (Å²) >= 11 is 6.02. The fourth-order valence-corrected chi connectivity index (χ4v) is 3.12. The molecule has 122 valence electrons. The smallest absolute Gasteiger partial charge is 0.323 e. The largest absolute Gasteiger partial charge is 0.468 e. The first-order valence-corrected chi connectivity index (χ1v) is 8.00. The van der Waals surface area contributed by atoms with Crippen molar-refractivity contribution in [3.05, 3.63) is 40.7 Å². The van der Waals surface area contributed by atoms with Crippen molar-refractivity contribution in [1.82, 2.24) is 9.88 Å². The van der Waals surface area contributed by atoms with Crippen LogP contribution in [0.25, 0.3) is 11.5 Å². The van der Waals surface area contributed by atoms with Crippen LogP contribution in [0.3, 0.4) is 0 Å². The normalized spacial score (nSPS) is 18.3. The maximum absolute atomic E-state index is 11.8. The van der Waals surface area contributed by atoms with Crippen molar-refractivity contribution in [2.24, 2.45) is 0 Å². The SMILES string of the molecule is COC(=O)[C@@H]1CCCN1Cc1nc(-c2cccc(Cl)c2)oc1C. The highest BCUT2D eigenvalue weighted by atomic mass is 35.5. The summed E-state index contributed by atoms with van der Waals surface area (Å²) in [5.74, 6) is 1.13. The van der Waals surface area contributed by atoms with E-state index in [0.717, 1.165) is 36.4 Å². The number of esters is 1. The Kier molecular flexibility index (Phi) is 4.68. The topological polar surface area (TPSA) is 55.6 Å². The third kappa shape index (κ3) is 3.41. The summed E-state index contributed by atoms with van der Waals surface area (Å²) in [6, 6.07) is 7.22. The molecule has 1 aromatic carbocycles. The third-order valence-electron chi connectivity index (χ3n) is 4.15. The zero-order valence-corrected chi connectivity index (χ0v) is 14.0. The Morgan fingerprint density at radius 3 is 3.09 bits per heavy atom. The molecule has 3 rings (SSSR count). The van der Waals surface area contributed by atoms with E-state index in [2.05, 4.69) is 9.88 Å². The highest BCUT2D eigenvalue weighted by molar-refractivity contribution is 6.30. The number of likely N-dealkylation sites (tertiary alicyclic amines) is 1. The molecule has 23 heavy (non-hydrogen) atoms. The molecule has 0 radical (unpaired) electrons. The quantitative estimate of drug-likeness (QED) is 0.802. The van der Waals surface area contributed by atoms with Gasteiger partial charge >= 0.3 is 5.97 Å². The van der Waals surface area contributed by atoms with Crippen LogP contribution in [0, 0.1) is 6.92 Å². The lowest BCUT2D eigenvalue weighted by atomic mass is 10.2. The first-order chi connectivity index (χ1) is 11.1. The maximum atomic E-state index is 11.8. The van der Waals surface area contributed by atoms with Gasteiger partial charge in [0.05, 0.1) is 12.8 Å². The average Bonchev–Trinajstić information content (AvgIpc) is 3.14. The lowest BCUT2D eigenvalue weighted by Gasteiger charge is -2.21. The number of hydrogen-bond acceptors (Lipinski definition) is 5. The second-order valence-electron chi connectivity index (χ2n) is 5.68. The number of carbonyl (C=O) groups is 1. The third-order valence-corrected chi connectivity index (χ3v) is 4.39. The molecule has 0 saturated carbocycles. The molecule has 6 heteroatoms. The number of rotatable bonds is 4. The first kappa shape index (κ1) is 16.0. The minimum Gasteiger partial charge on any atom is -0.468 e. The van der Waals surface area contributed by atoms with E-state index >= 15 is 0 Å². The van der Waals surface area contributed by atoms with Crippen LogP contribution in [0.5, 0.6) is 0 Å². The lowest BCUT2D eigenvalue weighted by Crippen LogP contribution is -2.36. The predicted molar refractivity (Wildman–Crippen MR) is 87.1 cm³/mol. The molecule has 0 unspecified atom stereocenters. The van der Waals surface area contributed by atoms with Gasteiger partial charge in [-0.2, -0.15) is 0 Å². The molecule has 1 aliphatic rings. The predicted octanol–water partition coefficient (Wildman–Crippen LogP) is 3.44. The van der Waals surface area contributed by atoms with E-state index < -0.39 is 0 Å². The molecule has 1 atom stereocenters. The molecule has 1 saturated heterocycles. The van der Waals surface area contributed by atoms with Gasteiger partial charge in [0.25, 0.3) is 0 Å². The Hall–Kier alpha value is -1.85. The average molecular weight is 335 g/mol. The van der Waals surface area contributed by atoms with E-state index in [1.807, 2.05) is 31.2 Å². The van der Waals surface area contributed by atoms with E-state index in [4.69, 9.17) is 20.8 Å². The van der Waals surface area contributed by atoms with Gasteiger partial charge in [-0.1, -0.05) is 17.7 Å². The summed E-state index contributed by atoms with van der Waals surface area (Å²) in [5, 5.41) is 0.644. The molecule has 0 spiro atoms. The monoisotopic (exact) mass is 334 g/mol. The second kappa shape index (κ2) is 6.72. The number of carbonyl (C=O) groups excluding carboxylic acids is 1. The number of aromatic nitrogens is 1. The van der Waals surface area contributed by atoms with E-state index in [1.165, 1.54) is 7.11 Å². The van der Waals surface area contributed by atoms with Crippen LogP contribution in [0.4, 0.5) is 0 Å². The van der Waals surface area contributed by atoms with Gasteiger partial charge < -0.3 is 9.15 Å². The number of aryl methyl sites for hydroxylation is 1. The molecule has 0 bridgehead atoms. The summed E-state index contributed by atoms with van der Waals surface area (Å²) in [6.07, 6.45) is 1.81. The minimum absolute atomic E-state index is 0.182. The fourth-order valence-electron chi connectivity index (χ4n) is 2.93. The van der Waals surface area contributed by atoms with Crippen LogP contribution in [0.1, 0.15) is 24.3 Å². The number of hydrogen-bond donors (Lipinski definition) is 0. The van der Waals surface area contributed by atoms with Gasteiger partial charge in [0, 0.05) is 17.1 Å². The van der Waals surface area contributed by atoms with Gasteiger partial charge in [-0.3, -0.25) is 9.69 Å². The molecule has 1 aromatic heterocycles. The molecular weight excluding hydrogens is 316 g/mol. The van der Waals surface area contributed by atoms with Gasteiger partial charge in [0.1, 0.15) is 11.8 Å². The van der Waals surface area contributed by atoms with Crippen LogP contribution in [0.15, 0.2) is 28.7 Å². The Morgan fingerprint density at radius 1 is 1.52 bits per heavy atom. The molecular formula is C17H19ClN2O3. The molecule has 0 amide bonds. The van der Waals surface area contributed by atoms with E-state index in [1.54, 1.807) is 0 Å². The molecule has 2 aromatic rings.